The van der Waals surface area contributed by atoms with Crippen molar-refractivity contribution in [1.29, 1.82) is 0 Å². The molecule has 0 unspecified atom stereocenters. The molecule has 4 nitrogen and oxygen atoms in total. The largest absolute Gasteiger partial charge is 0.346 e. The topological polar surface area (TPSA) is 65.1 Å². The Hall–Kier alpha value is -1.33. The number of aryl methyl sites for hydroxylation is 1. The number of primary sulfonamides is 1. The molecule has 0 radical (unpaired) electrons. The molecule has 98 valence electrons. The molecule has 0 aliphatic heterocycles. The van der Waals surface area contributed by atoms with Crippen LogP contribution in [0.5, 0.6) is 0 Å². The Kier molecular flexibility index (Phi) is 3.73. The normalized spacial score (nSPS) is 12.1. The number of nitrogens with zero attached hydrogens (tertiary/aromatic N) is 1. The van der Waals surface area contributed by atoms with Gasteiger partial charge in [0, 0.05) is 23.6 Å². The summed E-state index contributed by atoms with van der Waals surface area (Å²) in [6.07, 6.45) is 4.97. The van der Waals surface area contributed by atoms with Gasteiger partial charge in [-0.05, 0) is 12.5 Å². The second-order valence-electron chi connectivity index (χ2n) is 4.46. The lowest BCUT2D eigenvalue weighted by Gasteiger charge is -2.03. The number of hydrogen-bond acceptors (Lipinski definition) is 2. The van der Waals surface area contributed by atoms with Crippen molar-refractivity contribution in [2.75, 3.05) is 0 Å². The molecule has 0 saturated carbocycles. The first-order valence-corrected chi connectivity index (χ1v) is 7.69. The van der Waals surface area contributed by atoms with Gasteiger partial charge in [0.25, 0.3) is 0 Å². The molecule has 1 aromatic heterocycles. The smallest absolute Gasteiger partial charge is 0.240 e. The summed E-state index contributed by atoms with van der Waals surface area (Å²) in [6, 6.07) is 7.46. The van der Waals surface area contributed by atoms with Crippen molar-refractivity contribution in [3.05, 3.63) is 30.5 Å². The van der Waals surface area contributed by atoms with Gasteiger partial charge in [0.15, 0.2) is 0 Å². The Bertz CT molecular complexity index is 644. The van der Waals surface area contributed by atoms with Gasteiger partial charge in [-0.15, -0.1) is 0 Å². The molecule has 2 N–H and O–H groups in total. The third-order valence-electron chi connectivity index (χ3n) is 3.06. The minimum absolute atomic E-state index is 0.217. The summed E-state index contributed by atoms with van der Waals surface area (Å²) in [7, 11) is -3.66. The van der Waals surface area contributed by atoms with Gasteiger partial charge >= 0.3 is 0 Å². The standard InChI is InChI=1S/C13H18N2O2S/c1-2-3-6-9-15-10-13(18(14,16)17)11-7-4-5-8-12(11)15/h4-5,7-8,10H,2-3,6,9H2,1H3,(H2,14,16,17). The van der Waals surface area contributed by atoms with E-state index in [1.165, 1.54) is 0 Å². The van der Waals surface area contributed by atoms with Crippen LogP contribution in [-0.4, -0.2) is 13.0 Å². The number of rotatable bonds is 5. The van der Waals surface area contributed by atoms with Gasteiger partial charge in [-0.2, -0.15) is 0 Å². The maximum Gasteiger partial charge on any atom is 0.240 e. The first-order valence-electron chi connectivity index (χ1n) is 6.14. The van der Waals surface area contributed by atoms with E-state index in [9.17, 15) is 8.42 Å². The van der Waals surface area contributed by atoms with Crippen LogP contribution in [0.15, 0.2) is 35.4 Å². The Labute approximate surface area is 107 Å². The maximum absolute atomic E-state index is 11.6. The fourth-order valence-electron chi connectivity index (χ4n) is 2.16. The first-order chi connectivity index (χ1) is 8.54. The average Bonchev–Trinajstić information content (AvgIpc) is 2.69. The lowest BCUT2D eigenvalue weighted by molar-refractivity contribution is 0.594. The van der Waals surface area contributed by atoms with Gasteiger partial charge in [-0.25, -0.2) is 13.6 Å². The van der Waals surface area contributed by atoms with Crippen molar-refractivity contribution in [2.24, 2.45) is 5.14 Å². The molecule has 0 aliphatic rings. The molecule has 18 heavy (non-hydrogen) atoms. The third-order valence-corrected chi connectivity index (χ3v) is 4.00. The van der Waals surface area contributed by atoms with E-state index in [0.717, 1.165) is 31.3 Å². The summed E-state index contributed by atoms with van der Waals surface area (Å²) >= 11 is 0. The molecular formula is C13H18N2O2S. The number of fused-ring (bicyclic) bond motifs is 1. The van der Waals surface area contributed by atoms with Gasteiger partial charge in [-0.1, -0.05) is 38.0 Å². The van der Waals surface area contributed by atoms with Crippen LogP contribution in [-0.2, 0) is 16.6 Å². The van der Waals surface area contributed by atoms with Gasteiger partial charge in [0.2, 0.25) is 10.0 Å². The number of unbranched alkanes of at least 4 members (excludes halogenated alkanes) is 2. The van der Waals surface area contributed by atoms with Gasteiger partial charge in [-0.3, -0.25) is 0 Å². The van der Waals surface area contributed by atoms with Crippen molar-refractivity contribution >= 4 is 20.9 Å². The van der Waals surface area contributed by atoms with Gasteiger partial charge in [0.05, 0.1) is 0 Å². The average molecular weight is 266 g/mol. The maximum atomic E-state index is 11.6. The third kappa shape index (κ3) is 2.57. The highest BCUT2D eigenvalue weighted by atomic mass is 32.2. The van der Waals surface area contributed by atoms with Crippen LogP contribution in [0.25, 0.3) is 10.9 Å². The molecule has 0 aliphatic carbocycles. The quantitative estimate of drug-likeness (QED) is 0.845. The molecule has 0 fully saturated rings. The summed E-state index contributed by atoms with van der Waals surface area (Å²) in [5.41, 5.74) is 0.928. The number of benzene rings is 1. The van der Waals surface area contributed by atoms with Gasteiger partial charge < -0.3 is 4.57 Å². The fourth-order valence-corrected chi connectivity index (χ4v) is 2.91. The molecule has 5 heteroatoms. The lowest BCUT2D eigenvalue weighted by Crippen LogP contribution is -2.11. The van der Waals surface area contributed by atoms with Gasteiger partial charge in [0.1, 0.15) is 4.90 Å². The highest BCUT2D eigenvalue weighted by Crippen LogP contribution is 2.24. The van der Waals surface area contributed by atoms with Crippen molar-refractivity contribution in [3.8, 4) is 0 Å². The predicted octanol–water partition coefficient (Wildman–Crippen LogP) is 2.48. The predicted molar refractivity (Wildman–Crippen MR) is 72.8 cm³/mol. The molecule has 0 spiro atoms. The second kappa shape index (κ2) is 5.12. The molecule has 0 amide bonds. The second-order valence-corrected chi connectivity index (χ2v) is 5.99. The van der Waals surface area contributed by atoms with Crippen LogP contribution in [0.3, 0.4) is 0 Å². The van der Waals surface area contributed by atoms with Crippen LogP contribution < -0.4 is 5.14 Å². The molecular weight excluding hydrogens is 248 g/mol. The summed E-state index contributed by atoms with van der Waals surface area (Å²) in [6.45, 7) is 2.97. The summed E-state index contributed by atoms with van der Waals surface area (Å²) < 4.78 is 25.1. The van der Waals surface area contributed by atoms with E-state index in [1.807, 2.05) is 22.8 Å². The van der Waals surface area contributed by atoms with Crippen LogP contribution in [0, 0.1) is 0 Å². The Morgan fingerprint density at radius 3 is 2.61 bits per heavy atom. The van der Waals surface area contributed by atoms with E-state index >= 15 is 0 Å². The highest BCUT2D eigenvalue weighted by Gasteiger charge is 2.16. The summed E-state index contributed by atoms with van der Waals surface area (Å²) in [5.74, 6) is 0. The molecule has 1 aromatic carbocycles. The van der Waals surface area contributed by atoms with Crippen molar-refractivity contribution in [3.63, 3.8) is 0 Å². The number of para-hydroxylation sites is 1. The van der Waals surface area contributed by atoms with Crippen LogP contribution in [0.2, 0.25) is 0 Å². The zero-order valence-electron chi connectivity index (χ0n) is 10.5. The van der Waals surface area contributed by atoms with Crippen LogP contribution >= 0.6 is 0 Å². The Balaban J connectivity index is 2.48. The van der Waals surface area contributed by atoms with Crippen LogP contribution in [0.4, 0.5) is 0 Å². The van der Waals surface area contributed by atoms with E-state index < -0.39 is 10.0 Å². The zero-order chi connectivity index (χ0) is 13.2. The lowest BCUT2D eigenvalue weighted by atomic mass is 10.2. The zero-order valence-corrected chi connectivity index (χ0v) is 11.3. The Morgan fingerprint density at radius 1 is 1.22 bits per heavy atom. The van der Waals surface area contributed by atoms with E-state index in [4.69, 9.17) is 5.14 Å². The van der Waals surface area contributed by atoms with Crippen molar-refractivity contribution in [2.45, 2.75) is 37.6 Å². The summed E-state index contributed by atoms with van der Waals surface area (Å²) in [4.78, 5) is 0.217. The number of aromatic nitrogens is 1. The molecule has 2 rings (SSSR count). The SMILES string of the molecule is CCCCCn1cc(S(N)(=O)=O)c2ccccc21. The molecule has 2 aromatic rings. The van der Waals surface area contributed by atoms with Crippen molar-refractivity contribution < 1.29 is 8.42 Å². The van der Waals surface area contributed by atoms with Crippen molar-refractivity contribution in [1.82, 2.24) is 4.57 Å². The van der Waals surface area contributed by atoms with E-state index in [-0.39, 0.29) is 4.90 Å². The molecule has 1 heterocycles. The number of nitrogens with two attached hydrogens (primary N) is 1. The minimum Gasteiger partial charge on any atom is -0.346 e. The van der Waals surface area contributed by atoms with E-state index in [2.05, 4.69) is 6.92 Å². The minimum atomic E-state index is -3.66. The molecule has 0 atom stereocenters. The molecule has 0 bridgehead atoms. The fraction of sp³-hybridized carbons (Fsp3) is 0.385. The number of hydrogen-bond donors (Lipinski definition) is 1. The van der Waals surface area contributed by atoms with E-state index in [1.54, 1.807) is 12.3 Å². The molecule has 0 saturated heterocycles. The number of sulfonamides is 1. The first kappa shape index (κ1) is 13.1. The Morgan fingerprint density at radius 2 is 1.94 bits per heavy atom. The highest BCUT2D eigenvalue weighted by molar-refractivity contribution is 7.89. The van der Waals surface area contributed by atoms with E-state index in [0.29, 0.717) is 5.39 Å². The van der Waals surface area contributed by atoms with Crippen LogP contribution in [0.1, 0.15) is 26.2 Å². The monoisotopic (exact) mass is 266 g/mol. The summed E-state index contributed by atoms with van der Waals surface area (Å²) in [5, 5.41) is 5.96.